The van der Waals surface area contributed by atoms with Crippen LogP contribution in [-0.4, -0.2) is 33.2 Å². The van der Waals surface area contributed by atoms with E-state index in [0.717, 1.165) is 0 Å². The molecule has 0 spiro atoms. The van der Waals surface area contributed by atoms with E-state index in [9.17, 15) is 4.79 Å². The molecule has 0 saturated carbocycles. The summed E-state index contributed by atoms with van der Waals surface area (Å²) in [5.74, 6) is 1.34. The molecule has 1 unspecified atom stereocenters. The van der Waals surface area contributed by atoms with E-state index in [1.54, 1.807) is 43.3 Å². The van der Waals surface area contributed by atoms with Gasteiger partial charge in [-0.2, -0.15) is 0 Å². The summed E-state index contributed by atoms with van der Waals surface area (Å²) in [6.07, 6.45) is -0.748. The van der Waals surface area contributed by atoms with E-state index in [0.29, 0.717) is 34.2 Å². The molecule has 0 saturated heterocycles. The highest BCUT2D eigenvalue weighted by Gasteiger charge is 2.25. The lowest BCUT2D eigenvalue weighted by molar-refractivity contribution is 0.0815. The smallest absolute Gasteiger partial charge is 0.206 e. The van der Waals surface area contributed by atoms with Crippen LogP contribution in [0.2, 0.25) is 0 Å². The number of methoxy groups -OCH3 is 3. The average Bonchev–Trinajstić information content (AvgIpc) is 2.61. The van der Waals surface area contributed by atoms with Crippen LogP contribution in [0.15, 0.2) is 36.4 Å². The molecule has 0 bridgehead atoms. The molecule has 24 heavy (non-hydrogen) atoms. The molecular formula is C18H21NO5. The molecule has 2 N–H and O–H groups in total. The second-order valence-electron chi connectivity index (χ2n) is 5.04. The predicted octanol–water partition coefficient (Wildman–Crippen LogP) is 2.94. The van der Waals surface area contributed by atoms with Gasteiger partial charge < -0.3 is 24.7 Å². The summed E-state index contributed by atoms with van der Waals surface area (Å²) in [6, 6.07) is 10.3. The molecule has 6 heteroatoms. The highest BCUT2D eigenvalue weighted by Crippen LogP contribution is 2.40. The molecular weight excluding hydrogens is 310 g/mol. The Morgan fingerprint density at radius 1 is 0.917 bits per heavy atom. The SMILES string of the molecule is COc1ccc(C(=O)C(C)Oc2ccccc2N)c(OC)c1OC. The summed E-state index contributed by atoms with van der Waals surface area (Å²) in [4.78, 5) is 12.8. The minimum absolute atomic E-state index is 0.254. The third kappa shape index (κ3) is 3.37. The highest BCUT2D eigenvalue weighted by atomic mass is 16.5. The first-order chi connectivity index (χ1) is 11.5. The van der Waals surface area contributed by atoms with Crippen molar-refractivity contribution in [2.24, 2.45) is 0 Å². The molecule has 6 nitrogen and oxygen atoms in total. The molecule has 0 aliphatic rings. The number of rotatable bonds is 7. The van der Waals surface area contributed by atoms with Gasteiger partial charge in [-0.3, -0.25) is 4.79 Å². The number of anilines is 1. The zero-order valence-corrected chi connectivity index (χ0v) is 14.2. The fraction of sp³-hybridized carbons (Fsp3) is 0.278. The number of nitrogen functional groups attached to an aromatic ring is 1. The maximum Gasteiger partial charge on any atom is 0.206 e. The molecule has 0 amide bonds. The van der Waals surface area contributed by atoms with Crippen molar-refractivity contribution in [1.82, 2.24) is 0 Å². The second-order valence-corrected chi connectivity index (χ2v) is 5.04. The molecule has 2 rings (SSSR count). The lowest BCUT2D eigenvalue weighted by Gasteiger charge is -2.18. The molecule has 2 aromatic rings. The Labute approximate surface area is 141 Å². The summed E-state index contributed by atoms with van der Waals surface area (Å²) in [6.45, 7) is 1.66. The molecule has 0 fully saturated rings. The minimum Gasteiger partial charge on any atom is -0.493 e. The van der Waals surface area contributed by atoms with Crippen molar-refractivity contribution >= 4 is 11.5 Å². The predicted molar refractivity (Wildman–Crippen MR) is 91.4 cm³/mol. The minimum atomic E-state index is -0.748. The van der Waals surface area contributed by atoms with Crippen LogP contribution < -0.4 is 24.7 Å². The van der Waals surface area contributed by atoms with Gasteiger partial charge in [0.15, 0.2) is 17.6 Å². The number of carbonyl (C=O) groups is 1. The number of para-hydroxylation sites is 2. The first-order valence-electron chi connectivity index (χ1n) is 7.37. The Morgan fingerprint density at radius 2 is 1.58 bits per heavy atom. The van der Waals surface area contributed by atoms with Gasteiger partial charge in [-0.15, -0.1) is 0 Å². The first kappa shape index (κ1) is 17.5. The van der Waals surface area contributed by atoms with Crippen LogP contribution in [0, 0.1) is 0 Å². The molecule has 128 valence electrons. The van der Waals surface area contributed by atoms with Gasteiger partial charge in [0.05, 0.1) is 32.6 Å². The van der Waals surface area contributed by atoms with Crippen LogP contribution in [0.4, 0.5) is 5.69 Å². The number of nitrogens with two attached hydrogens (primary N) is 1. The van der Waals surface area contributed by atoms with E-state index < -0.39 is 6.10 Å². The number of benzene rings is 2. The summed E-state index contributed by atoms with van der Waals surface area (Å²) in [5, 5.41) is 0. The normalized spacial score (nSPS) is 11.5. The fourth-order valence-electron chi connectivity index (χ4n) is 2.35. The number of ether oxygens (including phenoxy) is 4. The number of hydrogen-bond acceptors (Lipinski definition) is 6. The molecule has 1 atom stereocenters. The molecule has 2 aromatic carbocycles. The number of Topliss-reactive ketones (excluding diaryl/α,β-unsaturated/α-hetero) is 1. The van der Waals surface area contributed by atoms with E-state index in [1.165, 1.54) is 21.3 Å². The van der Waals surface area contributed by atoms with Crippen LogP contribution in [0.1, 0.15) is 17.3 Å². The zero-order chi connectivity index (χ0) is 17.7. The highest BCUT2D eigenvalue weighted by molar-refractivity contribution is 6.03. The number of carbonyl (C=O) groups excluding carboxylic acids is 1. The topological polar surface area (TPSA) is 80.0 Å². The van der Waals surface area contributed by atoms with E-state index in [4.69, 9.17) is 24.7 Å². The molecule has 0 aromatic heterocycles. The van der Waals surface area contributed by atoms with Crippen molar-refractivity contribution in [2.75, 3.05) is 27.1 Å². The maximum absolute atomic E-state index is 12.8. The quantitative estimate of drug-likeness (QED) is 0.621. The first-order valence-corrected chi connectivity index (χ1v) is 7.37. The van der Waals surface area contributed by atoms with Crippen LogP contribution >= 0.6 is 0 Å². The van der Waals surface area contributed by atoms with E-state index in [1.807, 2.05) is 0 Å². The van der Waals surface area contributed by atoms with Gasteiger partial charge in [0.1, 0.15) is 5.75 Å². The molecule has 0 aliphatic heterocycles. The van der Waals surface area contributed by atoms with Crippen molar-refractivity contribution in [3.8, 4) is 23.0 Å². The summed E-state index contributed by atoms with van der Waals surface area (Å²) in [7, 11) is 4.47. The van der Waals surface area contributed by atoms with Crippen LogP contribution in [-0.2, 0) is 0 Å². The Balaban J connectivity index is 2.33. The molecule has 0 heterocycles. The summed E-state index contributed by atoms with van der Waals surface area (Å²) >= 11 is 0. The Morgan fingerprint density at radius 3 is 2.17 bits per heavy atom. The van der Waals surface area contributed by atoms with Gasteiger partial charge in [-0.05, 0) is 31.2 Å². The van der Waals surface area contributed by atoms with Crippen LogP contribution in [0.3, 0.4) is 0 Å². The monoisotopic (exact) mass is 331 g/mol. The second kappa shape index (κ2) is 7.59. The molecule has 0 aliphatic carbocycles. The lowest BCUT2D eigenvalue weighted by Crippen LogP contribution is -2.25. The van der Waals surface area contributed by atoms with Crippen molar-refractivity contribution < 1.29 is 23.7 Å². The average molecular weight is 331 g/mol. The van der Waals surface area contributed by atoms with Crippen LogP contribution in [0.25, 0.3) is 0 Å². The lowest BCUT2D eigenvalue weighted by atomic mass is 10.0. The van der Waals surface area contributed by atoms with Crippen LogP contribution in [0.5, 0.6) is 23.0 Å². The van der Waals surface area contributed by atoms with Gasteiger partial charge in [-0.1, -0.05) is 12.1 Å². The summed E-state index contributed by atoms with van der Waals surface area (Å²) < 4.78 is 21.6. The van der Waals surface area contributed by atoms with E-state index in [2.05, 4.69) is 0 Å². The van der Waals surface area contributed by atoms with Gasteiger partial charge in [-0.25, -0.2) is 0 Å². The van der Waals surface area contributed by atoms with Crippen molar-refractivity contribution in [1.29, 1.82) is 0 Å². The van der Waals surface area contributed by atoms with Crippen molar-refractivity contribution in [2.45, 2.75) is 13.0 Å². The Bertz CT molecular complexity index is 729. The standard InChI is InChI=1S/C18H21NO5/c1-11(24-14-8-6-5-7-13(14)19)16(20)12-9-10-15(21-2)18(23-4)17(12)22-3/h5-11H,19H2,1-4H3. The van der Waals surface area contributed by atoms with Gasteiger partial charge in [0.25, 0.3) is 0 Å². The number of ketones is 1. The van der Waals surface area contributed by atoms with E-state index in [-0.39, 0.29) is 5.78 Å². The largest absolute Gasteiger partial charge is 0.493 e. The third-order valence-electron chi connectivity index (χ3n) is 3.56. The third-order valence-corrected chi connectivity index (χ3v) is 3.56. The Kier molecular flexibility index (Phi) is 5.52. The van der Waals surface area contributed by atoms with Gasteiger partial charge >= 0.3 is 0 Å². The van der Waals surface area contributed by atoms with Crippen molar-refractivity contribution in [3.05, 3.63) is 42.0 Å². The number of hydrogen-bond donors (Lipinski definition) is 1. The molecule has 0 radical (unpaired) electrons. The van der Waals surface area contributed by atoms with Gasteiger partial charge in [0, 0.05) is 0 Å². The zero-order valence-electron chi connectivity index (χ0n) is 14.2. The Hall–Kier alpha value is -2.89. The maximum atomic E-state index is 12.8. The van der Waals surface area contributed by atoms with Crippen molar-refractivity contribution in [3.63, 3.8) is 0 Å². The fourth-order valence-corrected chi connectivity index (χ4v) is 2.35. The van der Waals surface area contributed by atoms with Gasteiger partial charge in [0.2, 0.25) is 11.5 Å². The summed E-state index contributed by atoms with van der Waals surface area (Å²) in [5.41, 5.74) is 6.66. The van der Waals surface area contributed by atoms with E-state index >= 15 is 0 Å².